The fourth-order valence-electron chi connectivity index (χ4n) is 5.45. The maximum atomic E-state index is 14.3. The molecular weight excluding hydrogens is 575 g/mol. The molecule has 1 aliphatic carbocycles. The summed E-state index contributed by atoms with van der Waals surface area (Å²) in [6.45, 7) is 0.427. The molecule has 2 aromatic carbocycles. The normalized spacial score (nSPS) is 17.9. The van der Waals surface area contributed by atoms with Gasteiger partial charge in [0.25, 0.3) is 5.91 Å². The average molecular weight is 602 g/mol. The topological polar surface area (TPSA) is 73.2 Å². The molecule has 0 spiro atoms. The van der Waals surface area contributed by atoms with Crippen LogP contribution in [0.25, 0.3) is 21.7 Å². The molecule has 5 rings (SSSR count). The van der Waals surface area contributed by atoms with Crippen LogP contribution in [-0.4, -0.2) is 35.1 Å². The van der Waals surface area contributed by atoms with Gasteiger partial charge >= 0.3 is 12.1 Å². The van der Waals surface area contributed by atoms with Crippen LogP contribution in [0, 0.1) is 11.8 Å². The summed E-state index contributed by atoms with van der Waals surface area (Å²) in [5.41, 5.74) is -0.557. The van der Waals surface area contributed by atoms with E-state index in [1.807, 2.05) is 30.3 Å². The second-order valence-electron chi connectivity index (χ2n) is 9.96. The molecule has 0 saturated heterocycles. The van der Waals surface area contributed by atoms with Gasteiger partial charge in [0.05, 0.1) is 41.9 Å². The number of hydrogen-bond acceptors (Lipinski definition) is 4. The Labute approximate surface area is 231 Å². The van der Waals surface area contributed by atoms with Gasteiger partial charge in [0.15, 0.2) is 0 Å². The Hall–Kier alpha value is -3.40. The molecule has 1 aliphatic rings. The van der Waals surface area contributed by atoms with E-state index in [1.54, 1.807) is 23.0 Å². The predicted octanol–water partition coefficient (Wildman–Crippen LogP) is 6.73. The van der Waals surface area contributed by atoms with Crippen molar-refractivity contribution >= 4 is 49.5 Å². The Bertz CT molecular complexity index is 1540. The molecular formula is C29H27BrF3N3O3. The first-order valence-corrected chi connectivity index (χ1v) is 13.5. The third-order valence-corrected chi connectivity index (χ3v) is 8.09. The minimum absolute atomic E-state index is 0.0698. The van der Waals surface area contributed by atoms with Crippen molar-refractivity contribution in [1.29, 1.82) is 0 Å². The van der Waals surface area contributed by atoms with Crippen LogP contribution in [0.4, 0.5) is 13.2 Å². The highest BCUT2D eigenvalue weighted by atomic mass is 79.9. The summed E-state index contributed by atoms with van der Waals surface area (Å²) in [6, 6.07) is 12.7. The predicted molar refractivity (Wildman–Crippen MR) is 145 cm³/mol. The van der Waals surface area contributed by atoms with Crippen LogP contribution in [0.15, 0.2) is 59.3 Å². The van der Waals surface area contributed by atoms with Gasteiger partial charge in [0.2, 0.25) is 0 Å². The molecule has 1 fully saturated rings. The van der Waals surface area contributed by atoms with E-state index in [4.69, 9.17) is 4.74 Å². The number of aromatic nitrogens is 2. The number of pyridine rings is 1. The number of ether oxygens (including phenoxy) is 1. The Balaban J connectivity index is 1.46. The fraction of sp³-hybridized carbons (Fsp3) is 0.345. The molecule has 6 nitrogen and oxygen atoms in total. The average Bonchev–Trinajstić information content (AvgIpc) is 3.31. The summed E-state index contributed by atoms with van der Waals surface area (Å²) < 4.78 is 49.2. The maximum Gasteiger partial charge on any atom is 0.418 e. The van der Waals surface area contributed by atoms with Crippen LogP contribution >= 0.6 is 15.9 Å². The van der Waals surface area contributed by atoms with Gasteiger partial charge in [-0.2, -0.15) is 13.2 Å². The molecule has 1 N–H and O–H groups in total. The van der Waals surface area contributed by atoms with E-state index in [0.717, 1.165) is 10.8 Å². The van der Waals surface area contributed by atoms with Gasteiger partial charge in [-0.1, -0.05) is 40.2 Å². The number of esters is 1. The lowest BCUT2D eigenvalue weighted by atomic mass is 9.82. The van der Waals surface area contributed by atoms with Crippen molar-refractivity contribution in [3.05, 3.63) is 76.2 Å². The first-order chi connectivity index (χ1) is 18.7. The van der Waals surface area contributed by atoms with E-state index in [0.29, 0.717) is 36.8 Å². The van der Waals surface area contributed by atoms with Gasteiger partial charge in [-0.15, -0.1) is 0 Å². The minimum atomic E-state index is -4.76. The molecule has 10 heteroatoms. The summed E-state index contributed by atoms with van der Waals surface area (Å²) in [4.78, 5) is 29.8. The minimum Gasteiger partial charge on any atom is -0.469 e. The van der Waals surface area contributed by atoms with E-state index < -0.39 is 23.2 Å². The molecule has 4 aromatic rings. The first-order valence-electron chi connectivity index (χ1n) is 12.7. The van der Waals surface area contributed by atoms with Crippen molar-refractivity contribution in [2.24, 2.45) is 11.8 Å². The third kappa shape index (κ3) is 5.66. The van der Waals surface area contributed by atoms with Crippen molar-refractivity contribution in [1.82, 2.24) is 14.9 Å². The number of amides is 1. The highest BCUT2D eigenvalue weighted by Crippen LogP contribution is 2.41. The Morgan fingerprint density at radius 2 is 1.79 bits per heavy atom. The summed E-state index contributed by atoms with van der Waals surface area (Å²) >= 11 is 3.06. The maximum absolute atomic E-state index is 14.3. The summed E-state index contributed by atoms with van der Waals surface area (Å²) in [5.74, 6) is -1.13. The lowest BCUT2D eigenvalue weighted by Gasteiger charge is -2.27. The molecule has 0 aliphatic heterocycles. The Kier molecular flexibility index (Phi) is 7.66. The third-order valence-electron chi connectivity index (χ3n) is 7.47. The van der Waals surface area contributed by atoms with E-state index >= 15 is 0 Å². The lowest BCUT2D eigenvalue weighted by molar-refractivity contribution is -0.146. The number of nitrogens with one attached hydrogen (secondary N) is 1. The Morgan fingerprint density at radius 1 is 1.08 bits per heavy atom. The fourth-order valence-corrected chi connectivity index (χ4v) is 6.12. The van der Waals surface area contributed by atoms with Crippen molar-refractivity contribution in [3.8, 4) is 0 Å². The zero-order valence-corrected chi connectivity index (χ0v) is 22.8. The summed E-state index contributed by atoms with van der Waals surface area (Å²) in [5, 5.41) is 5.20. The molecule has 39 heavy (non-hydrogen) atoms. The van der Waals surface area contributed by atoms with E-state index in [2.05, 4.69) is 26.2 Å². The van der Waals surface area contributed by atoms with E-state index in [1.165, 1.54) is 13.2 Å². The molecule has 204 valence electrons. The van der Waals surface area contributed by atoms with Gasteiger partial charge in [0, 0.05) is 34.2 Å². The second kappa shape index (κ2) is 11.0. The molecule has 2 heterocycles. The van der Waals surface area contributed by atoms with Crippen molar-refractivity contribution in [2.45, 2.75) is 38.4 Å². The van der Waals surface area contributed by atoms with Crippen LogP contribution < -0.4 is 5.32 Å². The number of benzene rings is 2. The largest absolute Gasteiger partial charge is 0.469 e. The second-order valence-corrected chi connectivity index (χ2v) is 10.8. The number of hydrogen-bond donors (Lipinski definition) is 1. The first kappa shape index (κ1) is 27.2. The van der Waals surface area contributed by atoms with Crippen LogP contribution in [0.5, 0.6) is 0 Å². The molecule has 0 radical (unpaired) electrons. The number of methoxy groups -OCH3 is 1. The SMILES string of the molecule is COC(=O)[C@H]1CC[C@H](CNC(=O)c2c(C(F)(F)F)c(Br)cc3ccn(Cc4cc5ccccc5cn4)c23)CC1. The van der Waals surface area contributed by atoms with Crippen molar-refractivity contribution < 1.29 is 27.5 Å². The smallest absolute Gasteiger partial charge is 0.418 e. The molecule has 1 amide bonds. The van der Waals surface area contributed by atoms with Gasteiger partial charge in [-0.05, 0) is 55.2 Å². The molecule has 0 unspecified atom stereocenters. The highest BCUT2D eigenvalue weighted by Gasteiger charge is 2.40. The number of rotatable bonds is 6. The lowest BCUT2D eigenvalue weighted by Crippen LogP contribution is -2.34. The Morgan fingerprint density at radius 3 is 2.49 bits per heavy atom. The van der Waals surface area contributed by atoms with Gasteiger partial charge < -0.3 is 14.6 Å². The molecule has 0 atom stereocenters. The number of nitrogens with zero attached hydrogens (tertiary/aromatic N) is 2. The molecule has 1 saturated carbocycles. The standard InChI is InChI=1S/C29H27BrF3N3O3/c1-39-28(38)18-8-6-17(7-9-18)14-35-27(37)24-25(29(31,32)33)23(30)13-20-10-11-36(26(20)24)16-22-12-19-4-2-3-5-21(19)15-34-22/h2-5,10-13,15,17-18H,6-9,14,16H2,1H3,(H,35,37)/t17-,18-. The number of halogens is 4. The van der Waals surface area contributed by atoms with Crippen molar-refractivity contribution in [3.63, 3.8) is 0 Å². The van der Waals surface area contributed by atoms with Crippen LogP contribution in [0.2, 0.25) is 0 Å². The highest BCUT2D eigenvalue weighted by molar-refractivity contribution is 9.10. The zero-order valence-electron chi connectivity index (χ0n) is 21.2. The number of carbonyl (C=O) groups is 2. The molecule has 0 bridgehead atoms. The van der Waals surface area contributed by atoms with E-state index in [-0.39, 0.29) is 40.9 Å². The van der Waals surface area contributed by atoms with Crippen molar-refractivity contribution in [2.75, 3.05) is 13.7 Å². The van der Waals surface area contributed by atoms with Gasteiger partial charge in [-0.25, -0.2) is 0 Å². The van der Waals surface area contributed by atoms with Gasteiger partial charge in [-0.3, -0.25) is 14.6 Å². The van der Waals surface area contributed by atoms with Crippen LogP contribution in [-0.2, 0) is 22.3 Å². The number of carbonyl (C=O) groups excluding carboxylic acids is 2. The van der Waals surface area contributed by atoms with Gasteiger partial charge in [0.1, 0.15) is 0 Å². The monoisotopic (exact) mass is 601 g/mol. The zero-order chi connectivity index (χ0) is 27.7. The number of fused-ring (bicyclic) bond motifs is 2. The van der Waals surface area contributed by atoms with E-state index in [9.17, 15) is 22.8 Å². The molecule has 2 aromatic heterocycles. The van der Waals surface area contributed by atoms with Crippen LogP contribution in [0.3, 0.4) is 0 Å². The van der Waals surface area contributed by atoms with Crippen LogP contribution in [0.1, 0.15) is 47.3 Å². The summed E-state index contributed by atoms with van der Waals surface area (Å²) in [7, 11) is 1.36. The summed E-state index contributed by atoms with van der Waals surface area (Å²) in [6.07, 6.45) is 1.28. The number of alkyl halides is 3. The quantitative estimate of drug-likeness (QED) is 0.249.